The van der Waals surface area contributed by atoms with E-state index < -0.39 is 0 Å². The summed E-state index contributed by atoms with van der Waals surface area (Å²) in [7, 11) is 0. The van der Waals surface area contributed by atoms with Crippen molar-refractivity contribution in [3.05, 3.63) is 17.5 Å². The highest BCUT2D eigenvalue weighted by Gasteiger charge is 2.14. The molecule has 0 radical (unpaired) electrons. The summed E-state index contributed by atoms with van der Waals surface area (Å²) < 4.78 is 5.81. The van der Waals surface area contributed by atoms with Crippen LogP contribution in [0.25, 0.3) is 0 Å². The van der Waals surface area contributed by atoms with Crippen molar-refractivity contribution >= 4 is 5.95 Å². The summed E-state index contributed by atoms with van der Waals surface area (Å²) in [6.07, 6.45) is 5.55. The average Bonchev–Trinajstić information content (AvgIpc) is 2.87. The number of aryl methyl sites for hydroxylation is 1. The van der Waals surface area contributed by atoms with Crippen molar-refractivity contribution in [2.24, 2.45) is 0 Å². The zero-order valence-corrected chi connectivity index (χ0v) is 12.3. The Morgan fingerprint density at radius 1 is 1.32 bits per heavy atom. The first kappa shape index (κ1) is 14.3. The second-order valence-corrected chi connectivity index (χ2v) is 5.62. The standard InChI is InChI=1S/C15H25N3O/c1-11(2)14-10-12(3)17-15(18-14)16-8-9-19-13-6-4-5-7-13/h10-11,13H,4-9H2,1-3H3,(H,16,17,18). The molecule has 0 saturated heterocycles. The second kappa shape index (κ2) is 6.85. The highest BCUT2D eigenvalue weighted by atomic mass is 16.5. The number of aromatic nitrogens is 2. The number of ether oxygens (including phenoxy) is 1. The van der Waals surface area contributed by atoms with Crippen molar-refractivity contribution in [1.29, 1.82) is 0 Å². The molecule has 1 saturated carbocycles. The van der Waals surface area contributed by atoms with Crippen LogP contribution in [0.4, 0.5) is 5.95 Å². The van der Waals surface area contributed by atoms with Crippen molar-refractivity contribution in [2.75, 3.05) is 18.5 Å². The predicted octanol–water partition coefficient (Wildman–Crippen LogP) is 3.28. The maximum atomic E-state index is 5.81. The molecular weight excluding hydrogens is 238 g/mol. The third-order valence-corrected chi connectivity index (χ3v) is 3.51. The van der Waals surface area contributed by atoms with E-state index in [9.17, 15) is 0 Å². The molecule has 1 aliphatic rings. The van der Waals surface area contributed by atoms with Crippen LogP contribution >= 0.6 is 0 Å². The average molecular weight is 263 g/mol. The molecule has 0 spiro atoms. The third kappa shape index (κ3) is 4.46. The fourth-order valence-corrected chi connectivity index (χ4v) is 2.41. The summed E-state index contributed by atoms with van der Waals surface area (Å²) in [4.78, 5) is 8.93. The van der Waals surface area contributed by atoms with Crippen molar-refractivity contribution < 1.29 is 4.74 Å². The van der Waals surface area contributed by atoms with Gasteiger partial charge in [-0.3, -0.25) is 0 Å². The lowest BCUT2D eigenvalue weighted by molar-refractivity contribution is 0.0658. The number of anilines is 1. The Kier molecular flexibility index (Phi) is 5.14. The molecule has 4 nitrogen and oxygen atoms in total. The summed E-state index contributed by atoms with van der Waals surface area (Å²) in [5.41, 5.74) is 2.10. The van der Waals surface area contributed by atoms with Crippen LogP contribution in [0.5, 0.6) is 0 Å². The third-order valence-electron chi connectivity index (χ3n) is 3.51. The molecule has 19 heavy (non-hydrogen) atoms. The van der Waals surface area contributed by atoms with Gasteiger partial charge in [0.15, 0.2) is 0 Å². The minimum atomic E-state index is 0.428. The number of nitrogens with one attached hydrogen (secondary N) is 1. The van der Waals surface area contributed by atoms with E-state index in [1.807, 2.05) is 13.0 Å². The maximum Gasteiger partial charge on any atom is 0.223 e. The Morgan fingerprint density at radius 2 is 2.05 bits per heavy atom. The molecule has 1 aromatic heterocycles. The SMILES string of the molecule is Cc1cc(C(C)C)nc(NCCOC2CCCC2)n1. The van der Waals surface area contributed by atoms with Gasteiger partial charge in [0, 0.05) is 17.9 Å². The van der Waals surface area contributed by atoms with E-state index in [0.717, 1.165) is 30.5 Å². The highest BCUT2D eigenvalue weighted by molar-refractivity contribution is 5.28. The summed E-state index contributed by atoms with van der Waals surface area (Å²) in [6.45, 7) is 7.81. The van der Waals surface area contributed by atoms with E-state index in [1.54, 1.807) is 0 Å². The highest BCUT2D eigenvalue weighted by Crippen LogP contribution is 2.20. The second-order valence-electron chi connectivity index (χ2n) is 5.62. The summed E-state index contributed by atoms with van der Waals surface area (Å²) in [5, 5.41) is 3.26. The molecule has 0 aromatic carbocycles. The van der Waals surface area contributed by atoms with Crippen LogP contribution in [-0.2, 0) is 4.74 Å². The molecule has 1 aromatic rings. The quantitative estimate of drug-likeness (QED) is 0.800. The van der Waals surface area contributed by atoms with E-state index in [0.29, 0.717) is 12.0 Å². The van der Waals surface area contributed by atoms with E-state index in [2.05, 4.69) is 29.1 Å². The predicted molar refractivity (Wildman–Crippen MR) is 77.6 cm³/mol. The van der Waals surface area contributed by atoms with Gasteiger partial charge in [0.05, 0.1) is 12.7 Å². The summed E-state index contributed by atoms with van der Waals surface area (Å²) in [6, 6.07) is 2.05. The topological polar surface area (TPSA) is 47.0 Å². The van der Waals surface area contributed by atoms with Crippen molar-refractivity contribution in [3.63, 3.8) is 0 Å². The van der Waals surface area contributed by atoms with Crippen molar-refractivity contribution in [2.45, 2.75) is 58.5 Å². The molecule has 0 aliphatic heterocycles. The first-order valence-corrected chi connectivity index (χ1v) is 7.36. The molecule has 1 heterocycles. The van der Waals surface area contributed by atoms with Gasteiger partial charge in [0.2, 0.25) is 5.95 Å². The lowest BCUT2D eigenvalue weighted by atomic mass is 10.1. The van der Waals surface area contributed by atoms with E-state index in [4.69, 9.17) is 4.74 Å². The van der Waals surface area contributed by atoms with Crippen LogP contribution in [0.2, 0.25) is 0 Å². The summed E-state index contributed by atoms with van der Waals surface area (Å²) in [5.74, 6) is 1.15. The van der Waals surface area contributed by atoms with Crippen LogP contribution in [0.1, 0.15) is 56.8 Å². The van der Waals surface area contributed by atoms with Crippen LogP contribution in [0.15, 0.2) is 6.07 Å². The molecule has 0 unspecified atom stereocenters. The van der Waals surface area contributed by atoms with Gasteiger partial charge < -0.3 is 10.1 Å². The molecule has 0 bridgehead atoms. The largest absolute Gasteiger partial charge is 0.376 e. The lowest BCUT2D eigenvalue weighted by Gasteiger charge is -2.12. The zero-order valence-electron chi connectivity index (χ0n) is 12.3. The number of hydrogen-bond acceptors (Lipinski definition) is 4. The first-order valence-electron chi connectivity index (χ1n) is 7.36. The Morgan fingerprint density at radius 3 is 2.74 bits per heavy atom. The number of nitrogens with zero attached hydrogens (tertiary/aromatic N) is 2. The Hall–Kier alpha value is -1.16. The Labute approximate surface area is 116 Å². The minimum Gasteiger partial charge on any atom is -0.376 e. The minimum absolute atomic E-state index is 0.428. The molecule has 4 heteroatoms. The normalized spacial score (nSPS) is 16.2. The van der Waals surface area contributed by atoms with Gasteiger partial charge in [-0.15, -0.1) is 0 Å². The number of hydrogen-bond donors (Lipinski definition) is 1. The Balaban J connectivity index is 1.78. The van der Waals surface area contributed by atoms with Gasteiger partial charge in [0.25, 0.3) is 0 Å². The molecule has 0 amide bonds. The maximum absolute atomic E-state index is 5.81. The van der Waals surface area contributed by atoms with E-state index >= 15 is 0 Å². The molecule has 1 fully saturated rings. The molecule has 106 valence electrons. The van der Waals surface area contributed by atoms with Crippen LogP contribution in [0.3, 0.4) is 0 Å². The zero-order chi connectivity index (χ0) is 13.7. The number of rotatable bonds is 6. The van der Waals surface area contributed by atoms with Gasteiger partial charge in [-0.05, 0) is 31.7 Å². The Bertz CT molecular complexity index is 400. The van der Waals surface area contributed by atoms with Gasteiger partial charge in [-0.1, -0.05) is 26.7 Å². The molecule has 1 N–H and O–H groups in total. The first-order chi connectivity index (χ1) is 9.15. The van der Waals surface area contributed by atoms with Gasteiger partial charge in [0.1, 0.15) is 0 Å². The van der Waals surface area contributed by atoms with Crippen LogP contribution < -0.4 is 5.32 Å². The molecule has 1 aliphatic carbocycles. The smallest absolute Gasteiger partial charge is 0.223 e. The van der Waals surface area contributed by atoms with Crippen molar-refractivity contribution in [3.8, 4) is 0 Å². The molecule has 0 atom stereocenters. The van der Waals surface area contributed by atoms with Crippen LogP contribution in [0, 0.1) is 6.92 Å². The fraction of sp³-hybridized carbons (Fsp3) is 0.733. The monoisotopic (exact) mass is 263 g/mol. The van der Waals surface area contributed by atoms with Gasteiger partial charge >= 0.3 is 0 Å². The summed E-state index contributed by atoms with van der Waals surface area (Å²) >= 11 is 0. The molecule has 2 rings (SSSR count). The van der Waals surface area contributed by atoms with Crippen molar-refractivity contribution in [1.82, 2.24) is 9.97 Å². The fourth-order valence-electron chi connectivity index (χ4n) is 2.41. The van der Waals surface area contributed by atoms with Gasteiger partial charge in [-0.2, -0.15) is 0 Å². The van der Waals surface area contributed by atoms with E-state index in [-0.39, 0.29) is 0 Å². The van der Waals surface area contributed by atoms with Gasteiger partial charge in [-0.25, -0.2) is 9.97 Å². The van der Waals surface area contributed by atoms with E-state index in [1.165, 1.54) is 25.7 Å². The molecular formula is C15H25N3O. The van der Waals surface area contributed by atoms with Crippen LogP contribution in [-0.4, -0.2) is 29.2 Å². The lowest BCUT2D eigenvalue weighted by Crippen LogP contribution is -2.17.